The molecule has 0 saturated carbocycles. The molecule has 186 valence electrons. The number of pyridine rings is 1. The molecule has 1 saturated heterocycles. The Bertz CT molecular complexity index is 1290. The van der Waals surface area contributed by atoms with Crippen molar-refractivity contribution in [3.05, 3.63) is 89.3 Å². The van der Waals surface area contributed by atoms with E-state index in [0.717, 1.165) is 5.56 Å². The molecular formula is C28H28N2O6. The van der Waals surface area contributed by atoms with Gasteiger partial charge in [0.25, 0.3) is 11.7 Å². The summed E-state index contributed by atoms with van der Waals surface area (Å²) in [5.74, 6) is -0.157. The predicted molar refractivity (Wildman–Crippen MR) is 134 cm³/mol. The number of ether oxygens (including phenoxy) is 3. The molecular weight excluding hydrogens is 460 g/mol. The number of likely N-dealkylation sites (tertiary alicyclic amines) is 1. The standard InChI is InChI=1S/C28H28N2O6/c1-17(2)36-21-10-7-19(8-11-21)26(31)24-25(20-9-12-22(34-3)23(14-20)35-4)30(28(33)27(24)32)16-18-6-5-13-29-15-18/h5-15,17,25,31H,16H2,1-4H3/b26-24+/t25-/m0/s1. The maximum absolute atomic E-state index is 13.3. The van der Waals surface area contributed by atoms with Gasteiger partial charge in [-0.3, -0.25) is 14.6 Å². The van der Waals surface area contributed by atoms with Crippen molar-refractivity contribution < 1.29 is 28.9 Å². The van der Waals surface area contributed by atoms with Gasteiger partial charge in [0.1, 0.15) is 11.5 Å². The molecule has 0 aliphatic carbocycles. The Kier molecular flexibility index (Phi) is 7.24. The molecule has 0 bridgehead atoms. The average molecular weight is 489 g/mol. The third-order valence-corrected chi connectivity index (χ3v) is 5.84. The SMILES string of the molecule is COc1ccc([C@H]2/C(=C(\O)c3ccc(OC(C)C)cc3)C(=O)C(=O)N2Cc2cccnc2)cc1OC. The van der Waals surface area contributed by atoms with E-state index < -0.39 is 17.7 Å². The van der Waals surface area contributed by atoms with Crippen LogP contribution < -0.4 is 14.2 Å². The minimum absolute atomic E-state index is 0.00589. The Morgan fingerprint density at radius 2 is 1.75 bits per heavy atom. The lowest BCUT2D eigenvalue weighted by atomic mass is 9.94. The molecule has 36 heavy (non-hydrogen) atoms. The van der Waals surface area contributed by atoms with Crippen molar-refractivity contribution in [3.63, 3.8) is 0 Å². The van der Waals surface area contributed by atoms with Gasteiger partial charge in [0.15, 0.2) is 11.5 Å². The fourth-order valence-electron chi connectivity index (χ4n) is 4.22. The van der Waals surface area contributed by atoms with Gasteiger partial charge in [-0.2, -0.15) is 0 Å². The number of nitrogens with zero attached hydrogens (tertiary/aromatic N) is 2. The van der Waals surface area contributed by atoms with Crippen molar-refractivity contribution in [2.45, 2.75) is 32.5 Å². The Labute approximate surface area is 209 Å². The molecule has 1 aliphatic heterocycles. The van der Waals surface area contributed by atoms with Crippen molar-refractivity contribution in [2.24, 2.45) is 0 Å². The monoisotopic (exact) mass is 488 g/mol. The Balaban J connectivity index is 1.84. The molecule has 1 aromatic heterocycles. The summed E-state index contributed by atoms with van der Waals surface area (Å²) >= 11 is 0. The number of Topliss-reactive ketones (excluding diaryl/α,β-unsaturated/α-hetero) is 1. The van der Waals surface area contributed by atoms with Crippen LogP contribution in [0.1, 0.15) is 36.6 Å². The lowest BCUT2D eigenvalue weighted by molar-refractivity contribution is -0.140. The zero-order valence-corrected chi connectivity index (χ0v) is 20.6. The zero-order chi connectivity index (χ0) is 25.8. The van der Waals surface area contributed by atoms with E-state index in [1.165, 1.54) is 19.1 Å². The van der Waals surface area contributed by atoms with E-state index >= 15 is 0 Å². The topological polar surface area (TPSA) is 98.2 Å². The second kappa shape index (κ2) is 10.5. The molecule has 4 rings (SSSR count). The summed E-state index contributed by atoms with van der Waals surface area (Å²) in [5, 5.41) is 11.3. The maximum Gasteiger partial charge on any atom is 0.295 e. The van der Waals surface area contributed by atoms with Gasteiger partial charge in [0.2, 0.25) is 0 Å². The number of carbonyl (C=O) groups is 2. The molecule has 2 aromatic carbocycles. The van der Waals surface area contributed by atoms with Crippen LogP contribution in [0.4, 0.5) is 0 Å². The third-order valence-electron chi connectivity index (χ3n) is 5.84. The highest BCUT2D eigenvalue weighted by Crippen LogP contribution is 2.42. The smallest absolute Gasteiger partial charge is 0.295 e. The molecule has 0 unspecified atom stereocenters. The molecule has 1 amide bonds. The van der Waals surface area contributed by atoms with Gasteiger partial charge in [-0.25, -0.2) is 0 Å². The van der Waals surface area contributed by atoms with E-state index in [1.807, 2.05) is 19.9 Å². The summed E-state index contributed by atoms with van der Waals surface area (Å²) in [6, 6.07) is 14.6. The van der Waals surface area contributed by atoms with E-state index in [4.69, 9.17) is 14.2 Å². The minimum Gasteiger partial charge on any atom is -0.507 e. The normalized spacial score (nSPS) is 16.9. The van der Waals surface area contributed by atoms with Crippen molar-refractivity contribution in [3.8, 4) is 17.2 Å². The van der Waals surface area contributed by atoms with Crippen LogP contribution in [0.3, 0.4) is 0 Å². The summed E-state index contributed by atoms with van der Waals surface area (Å²) in [5.41, 5.74) is 1.74. The van der Waals surface area contributed by atoms with Crippen LogP contribution in [-0.4, -0.2) is 47.0 Å². The fraction of sp³-hybridized carbons (Fsp3) is 0.250. The summed E-state index contributed by atoms with van der Waals surface area (Å²) < 4.78 is 16.5. The zero-order valence-electron chi connectivity index (χ0n) is 20.6. The maximum atomic E-state index is 13.3. The van der Waals surface area contributed by atoms with Gasteiger partial charge >= 0.3 is 0 Å². The number of aliphatic hydroxyl groups excluding tert-OH is 1. The number of aliphatic hydroxyl groups is 1. The van der Waals surface area contributed by atoms with Crippen LogP contribution in [-0.2, 0) is 16.1 Å². The molecule has 8 heteroatoms. The van der Waals surface area contributed by atoms with Crippen LogP contribution in [0.5, 0.6) is 17.2 Å². The van der Waals surface area contributed by atoms with Crippen LogP contribution in [0.2, 0.25) is 0 Å². The number of carbonyl (C=O) groups excluding carboxylic acids is 2. The second-order valence-electron chi connectivity index (χ2n) is 8.59. The average Bonchev–Trinajstić information content (AvgIpc) is 3.13. The molecule has 2 heterocycles. The second-order valence-corrected chi connectivity index (χ2v) is 8.59. The van der Waals surface area contributed by atoms with E-state index in [9.17, 15) is 14.7 Å². The van der Waals surface area contributed by atoms with Gasteiger partial charge in [0, 0.05) is 24.5 Å². The molecule has 0 radical (unpaired) electrons. The van der Waals surface area contributed by atoms with Crippen molar-refractivity contribution >= 4 is 17.4 Å². The number of aromatic nitrogens is 1. The van der Waals surface area contributed by atoms with E-state index in [2.05, 4.69) is 4.98 Å². The highest BCUT2D eigenvalue weighted by atomic mass is 16.5. The van der Waals surface area contributed by atoms with Gasteiger partial charge in [0.05, 0.1) is 31.9 Å². The fourth-order valence-corrected chi connectivity index (χ4v) is 4.22. The number of methoxy groups -OCH3 is 2. The Hall–Kier alpha value is -4.33. The largest absolute Gasteiger partial charge is 0.507 e. The van der Waals surface area contributed by atoms with Gasteiger partial charge in [-0.05, 0) is 67.4 Å². The minimum atomic E-state index is -0.850. The van der Waals surface area contributed by atoms with Crippen molar-refractivity contribution in [1.82, 2.24) is 9.88 Å². The first-order valence-electron chi connectivity index (χ1n) is 11.5. The first-order chi connectivity index (χ1) is 17.3. The molecule has 1 aliphatic rings. The molecule has 8 nitrogen and oxygen atoms in total. The Morgan fingerprint density at radius 3 is 2.36 bits per heavy atom. The van der Waals surface area contributed by atoms with Gasteiger partial charge in [-0.15, -0.1) is 0 Å². The molecule has 3 aromatic rings. The third kappa shape index (κ3) is 4.88. The van der Waals surface area contributed by atoms with E-state index in [-0.39, 0.29) is 24.0 Å². The predicted octanol–water partition coefficient (Wildman–Crippen LogP) is 4.51. The number of ketones is 1. The van der Waals surface area contributed by atoms with Crippen LogP contribution in [0.25, 0.3) is 5.76 Å². The lowest BCUT2D eigenvalue weighted by Gasteiger charge is -2.26. The number of hydrogen-bond donors (Lipinski definition) is 1. The van der Waals surface area contributed by atoms with Crippen LogP contribution >= 0.6 is 0 Å². The van der Waals surface area contributed by atoms with Crippen molar-refractivity contribution in [2.75, 3.05) is 14.2 Å². The van der Waals surface area contributed by atoms with Gasteiger partial charge < -0.3 is 24.2 Å². The van der Waals surface area contributed by atoms with E-state index in [0.29, 0.717) is 28.4 Å². The molecule has 1 fully saturated rings. The molecule has 1 atom stereocenters. The lowest BCUT2D eigenvalue weighted by Crippen LogP contribution is -2.29. The summed E-state index contributed by atoms with van der Waals surface area (Å²) in [4.78, 5) is 32.1. The quantitative estimate of drug-likeness (QED) is 0.283. The molecule has 0 spiro atoms. The first-order valence-corrected chi connectivity index (χ1v) is 11.5. The number of hydrogen-bond acceptors (Lipinski definition) is 7. The van der Waals surface area contributed by atoms with Crippen molar-refractivity contribution in [1.29, 1.82) is 0 Å². The Morgan fingerprint density at radius 1 is 1.03 bits per heavy atom. The number of amides is 1. The van der Waals surface area contributed by atoms with Gasteiger partial charge in [-0.1, -0.05) is 12.1 Å². The highest BCUT2D eigenvalue weighted by Gasteiger charge is 2.46. The van der Waals surface area contributed by atoms with Crippen LogP contribution in [0, 0.1) is 0 Å². The van der Waals surface area contributed by atoms with E-state index in [1.54, 1.807) is 60.9 Å². The number of benzene rings is 2. The summed E-state index contributed by atoms with van der Waals surface area (Å²) in [6.45, 7) is 3.97. The highest BCUT2D eigenvalue weighted by molar-refractivity contribution is 6.46. The summed E-state index contributed by atoms with van der Waals surface area (Å²) in [7, 11) is 3.04. The van der Waals surface area contributed by atoms with Crippen LogP contribution in [0.15, 0.2) is 72.6 Å². The first kappa shape index (κ1) is 24.8. The summed E-state index contributed by atoms with van der Waals surface area (Å²) in [6.07, 6.45) is 3.27. The number of rotatable bonds is 8. The molecule has 1 N–H and O–H groups in total.